The molecular weight excluding hydrogens is 585 g/mol. The van der Waals surface area contributed by atoms with E-state index in [1.807, 2.05) is 4.90 Å². The molecule has 0 fully saturated rings. The first-order valence-corrected chi connectivity index (χ1v) is 14.7. The third kappa shape index (κ3) is 5.21. The Labute approximate surface area is 244 Å². The van der Waals surface area contributed by atoms with E-state index >= 15 is 4.39 Å². The first kappa shape index (κ1) is 28.4. The number of hydrogen-bond donors (Lipinski definition) is 3. The predicted molar refractivity (Wildman–Crippen MR) is 154 cm³/mol. The average molecular weight is 611 g/mol. The fourth-order valence-corrected chi connectivity index (χ4v) is 6.37. The van der Waals surface area contributed by atoms with Crippen LogP contribution < -0.4 is 14.9 Å². The summed E-state index contributed by atoms with van der Waals surface area (Å²) in [4.78, 5) is 14.6. The lowest BCUT2D eigenvalue weighted by Crippen LogP contribution is -2.31. The predicted octanol–water partition coefficient (Wildman–Crippen LogP) is 4.23. The number of aliphatic hydroxyl groups is 1. The lowest BCUT2D eigenvalue weighted by Gasteiger charge is -2.28. The Hall–Kier alpha value is -4.76. The minimum Gasteiger partial charge on any atom is -0.395 e. The SMILES string of the molecule is Cc1c(F)cccc1S(=O)(=O)Nc1ccc(F)c(Nc2ncnc3ccc(-n4ncc5c4CCCN5CCO)nc23)c1F. The molecule has 0 spiro atoms. The van der Waals surface area contributed by atoms with Crippen LogP contribution in [0.2, 0.25) is 0 Å². The van der Waals surface area contributed by atoms with Gasteiger partial charge in [-0.1, -0.05) is 6.07 Å². The number of β-amino-alcohol motifs (C(OH)–C–C–N with tert-alkyl or cyclic N) is 1. The highest BCUT2D eigenvalue weighted by atomic mass is 32.2. The first-order valence-electron chi connectivity index (χ1n) is 13.3. The molecular formula is C28H25F3N8O3S. The molecule has 0 unspecified atom stereocenters. The maximum Gasteiger partial charge on any atom is 0.262 e. The van der Waals surface area contributed by atoms with Crippen molar-refractivity contribution in [2.24, 2.45) is 0 Å². The summed E-state index contributed by atoms with van der Waals surface area (Å²) in [5.41, 5.74) is 0.973. The van der Waals surface area contributed by atoms with E-state index in [0.717, 1.165) is 49.0 Å². The molecule has 43 heavy (non-hydrogen) atoms. The number of halogens is 3. The van der Waals surface area contributed by atoms with Crippen LogP contribution in [0.25, 0.3) is 16.9 Å². The second-order valence-corrected chi connectivity index (χ2v) is 11.5. The van der Waals surface area contributed by atoms with Gasteiger partial charge in [-0.2, -0.15) is 5.10 Å². The van der Waals surface area contributed by atoms with Crippen molar-refractivity contribution >= 4 is 43.9 Å². The molecule has 0 aliphatic carbocycles. The van der Waals surface area contributed by atoms with E-state index in [1.165, 1.54) is 25.4 Å². The Kier molecular flexibility index (Phi) is 7.35. The zero-order valence-corrected chi connectivity index (χ0v) is 23.5. The van der Waals surface area contributed by atoms with Crippen LogP contribution in [0.4, 0.5) is 36.1 Å². The second-order valence-electron chi connectivity index (χ2n) is 9.84. The number of pyridine rings is 1. The van der Waals surface area contributed by atoms with E-state index in [4.69, 9.17) is 0 Å². The summed E-state index contributed by atoms with van der Waals surface area (Å²) in [7, 11) is -4.42. The van der Waals surface area contributed by atoms with Gasteiger partial charge in [0, 0.05) is 18.7 Å². The molecule has 1 aliphatic rings. The quantitative estimate of drug-likeness (QED) is 0.236. The van der Waals surface area contributed by atoms with Crippen LogP contribution in [-0.4, -0.2) is 58.0 Å². The van der Waals surface area contributed by atoms with Gasteiger partial charge < -0.3 is 15.3 Å². The van der Waals surface area contributed by atoms with E-state index in [-0.39, 0.29) is 28.4 Å². The lowest BCUT2D eigenvalue weighted by atomic mass is 10.1. The molecule has 0 saturated carbocycles. The summed E-state index contributed by atoms with van der Waals surface area (Å²) in [5.74, 6) is -2.62. The van der Waals surface area contributed by atoms with Gasteiger partial charge in [-0.05, 0) is 56.2 Å². The van der Waals surface area contributed by atoms with Gasteiger partial charge in [-0.25, -0.2) is 41.2 Å². The molecule has 3 aromatic heterocycles. The van der Waals surface area contributed by atoms with Crippen molar-refractivity contribution in [1.82, 2.24) is 24.7 Å². The van der Waals surface area contributed by atoms with Crippen LogP contribution in [-0.2, 0) is 16.4 Å². The van der Waals surface area contributed by atoms with E-state index in [9.17, 15) is 22.3 Å². The van der Waals surface area contributed by atoms with Gasteiger partial charge in [-0.3, -0.25) is 4.72 Å². The topological polar surface area (TPSA) is 138 Å². The number of fused-ring (bicyclic) bond motifs is 2. The Morgan fingerprint density at radius 1 is 1.05 bits per heavy atom. The minimum absolute atomic E-state index is 0.00539. The first-order chi connectivity index (χ1) is 20.7. The summed E-state index contributed by atoms with van der Waals surface area (Å²) >= 11 is 0. The van der Waals surface area contributed by atoms with E-state index in [0.29, 0.717) is 17.9 Å². The second kappa shape index (κ2) is 11.1. The molecule has 0 bridgehead atoms. The largest absolute Gasteiger partial charge is 0.395 e. The van der Waals surface area contributed by atoms with Crippen molar-refractivity contribution in [3.05, 3.63) is 83.7 Å². The maximum atomic E-state index is 15.6. The lowest BCUT2D eigenvalue weighted by molar-refractivity contribution is 0.301. The molecule has 0 saturated heterocycles. The third-order valence-corrected chi connectivity index (χ3v) is 8.68. The zero-order chi connectivity index (χ0) is 30.3. The smallest absolute Gasteiger partial charge is 0.262 e. The van der Waals surface area contributed by atoms with Crippen molar-refractivity contribution in [2.45, 2.75) is 24.7 Å². The normalized spacial score (nSPS) is 13.3. The van der Waals surface area contributed by atoms with Gasteiger partial charge in [0.05, 0.1) is 40.3 Å². The Morgan fingerprint density at radius 3 is 2.70 bits per heavy atom. The standard InChI is InChI=1S/C28H25F3N8O3S/c1-16-17(29)4-2-6-23(16)43(41,42)37-19-8-7-18(30)26(25(19)31)36-28-27-20(32-15-33-28)9-10-24(35-27)39-21-5-3-11-38(12-13-40)22(21)14-34-39/h2,4,6-10,14-15,37,40H,3,5,11-13H2,1H3,(H,32,33,36). The van der Waals surface area contributed by atoms with Crippen LogP contribution >= 0.6 is 0 Å². The number of nitrogens with one attached hydrogen (secondary N) is 2. The third-order valence-electron chi connectivity index (χ3n) is 7.17. The van der Waals surface area contributed by atoms with Crippen molar-refractivity contribution in [3.8, 4) is 5.82 Å². The molecule has 1 aliphatic heterocycles. The van der Waals surface area contributed by atoms with Gasteiger partial charge in [0.25, 0.3) is 10.0 Å². The summed E-state index contributed by atoms with van der Waals surface area (Å²) < 4.78 is 74.2. The van der Waals surface area contributed by atoms with Gasteiger partial charge in [0.15, 0.2) is 17.5 Å². The number of aromatic nitrogens is 5. The number of benzene rings is 2. The number of rotatable bonds is 8. The number of anilines is 4. The van der Waals surface area contributed by atoms with Gasteiger partial charge in [0.1, 0.15) is 29.2 Å². The van der Waals surface area contributed by atoms with Crippen LogP contribution in [0, 0.1) is 24.4 Å². The van der Waals surface area contributed by atoms with Crippen LogP contribution in [0.15, 0.2) is 59.9 Å². The molecule has 3 N–H and O–H groups in total. The molecule has 222 valence electrons. The highest BCUT2D eigenvalue weighted by molar-refractivity contribution is 7.92. The molecule has 5 aromatic rings. The number of sulfonamides is 1. The van der Waals surface area contributed by atoms with Crippen molar-refractivity contribution < 1.29 is 26.7 Å². The molecule has 2 aromatic carbocycles. The maximum absolute atomic E-state index is 15.6. The Bertz CT molecular complexity index is 1970. The van der Waals surface area contributed by atoms with Crippen molar-refractivity contribution in [2.75, 3.05) is 34.6 Å². The summed E-state index contributed by atoms with van der Waals surface area (Å²) in [6.45, 7) is 2.55. The fraction of sp³-hybridized carbons (Fsp3) is 0.214. The molecule has 0 atom stereocenters. The molecule has 0 amide bonds. The average Bonchev–Trinajstić information content (AvgIpc) is 3.43. The highest BCUT2D eigenvalue weighted by Gasteiger charge is 2.25. The Morgan fingerprint density at radius 2 is 1.88 bits per heavy atom. The highest BCUT2D eigenvalue weighted by Crippen LogP contribution is 2.33. The van der Waals surface area contributed by atoms with Crippen molar-refractivity contribution in [1.29, 1.82) is 0 Å². The molecule has 0 radical (unpaired) electrons. The number of aliphatic hydroxyl groups excluding tert-OH is 1. The van der Waals surface area contributed by atoms with Gasteiger partial charge in [-0.15, -0.1) is 0 Å². The molecule has 4 heterocycles. The zero-order valence-electron chi connectivity index (χ0n) is 22.7. The van der Waals surface area contributed by atoms with Crippen LogP contribution in [0.3, 0.4) is 0 Å². The van der Waals surface area contributed by atoms with Crippen LogP contribution in [0.5, 0.6) is 0 Å². The molecule has 11 nitrogen and oxygen atoms in total. The monoisotopic (exact) mass is 610 g/mol. The molecule has 15 heteroatoms. The van der Waals surface area contributed by atoms with Crippen molar-refractivity contribution in [3.63, 3.8) is 0 Å². The summed E-state index contributed by atoms with van der Waals surface area (Å²) in [6.07, 6.45) is 4.50. The van der Waals surface area contributed by atoms with E-state index in [1.54, 1.807) is 23.0 Å². The van der Waals surface area contributed by atoms with E-state index < -0.39 is 38.8 Å². The van der Waals surface area contributed by atoms with Crippen LogP contribution in [0.1, 0.15) is 17.7 Å². The minimum atomic E-state index is -4.42. The summed E-state index contributed by atoms with van der Waals surface area (Å²) in [6, 6.07) is 8.70. The molecule has 6 rings (SSSR count). The fourth-order valence-electron chi connectivity index (χ4n) is 5.05. The summed E-state index contributed by atoms with van der Waals surface area (Å²) in [5, 5.41) is 16.5. The number of nitrogens with zero attached hydrogens (tertiary/aromatic N) is 6. The van der Waals surface area contributed by atoms with E-state index in [2.05, 4.69) is 30.1 Å². The van der Waals surface area contributed by atoms with Gasteiger partial charge >= 0.3 is 0 Å². The van der Waals surface area contributed by atoms with Gasteiger partial charge in [0.2, 0.25) is 0 Å². The Balaban J connectivity index is 1.36. The number of hydrogen-bond acceptors (Lipinski definition) is 9.